The maximum absolute atomic E-state index is 13.8. The van der Waals surface area contributed by atoms with Gasteiger partial charge in [0.2, 0.25) is 5.95 Å². The molecule has 0 aromatic carbocycles. The van der Waals surface area contributed by atoms with E-state index < -0.39 is 5.95 Å². The lowest BCUT2D eigenvalue weighted by molar-refractivity contribution is 0.0980. The zero-order valence-corrected chi connectivity index (χ0v) is 24.8. The number of carbonyl (C=O) groups excluding carboxylic acids is 1. The smallest absolute Gasteiger partial charge is 0.331 e. The molecule has 1 N–H and O–H groups in total. The third-order valence-corrected chi connectivity index (χ3v) is 8.33. The highest BCUT2D eigenvalue weighted by Gasteiger charge is 2.28. The number of amides is 1. The number of halogens is 1. The monoisotopic (exact) mass is 591 g/mol. The predicted molar refractivity (Wildman–Crippen MR) is 161 cm³/mol. The Bertz CT molecular complexity index is 1730. The Morgan fingerprint density at radius 1 is 1.09 bits per heavy atom. The molecule has 0 radical (unpaired) electrons. The third-order valence-electron chi connectivity index (χ3n) is 8.33. The summed E-state index contributed by atoms with van der Waals surface area (Å²) in [5.74, 6) is 0.296. The van der Waals surface area contributed by atoms with Gasteiger partial charge in [0.05, 0.1) is 5.56 Å². The van der Waals surface area contributed by atoms with Crippen molar-refractivity contribution in [3.8, 4) is 11.5 Å². The molecule has 1 saturated heterocycles. The number of H-pyrrole nitrogens is 1. The molecular weight excluding hydrogens is 553 g/mol. The standard InChI is InChI=1S/C30H38FN9O3/c1-3-12-38-27-25(29(42)39(30(38)43)19-20-8-9-20)33-26(34-27)22-17-24(40(4-2)35-22)37(16-15-36-13-6-5-7-14-36)28(41)21-10-11-23(31)32-18-21/h10-11,17-18,20H,3-9,12-16,19H2,1-2H3,(H,33,34). The summed E-state index contributed by atoms with van der Waals surface area (Å²) in [5.41, 5.74) is 0.578. The first-order valence-electron chi connectivity index (χ1n) is 15.3. The molecule has 228 valence electrons. The Morgan fingerprint density at radius 2 is 1.88 bits per heavy atom. The number of nitrogens with zero attached hydrogens (tertiary/aromatic N) is 8. The SMILES string of the molecule is CCCn1c(=O)n(CC2CC2)c(=O)c2[nH]c(-c3cc(N(CCN4CCCCC4)C(=O)c4ccc(F)nc4)n(CC)n3)nc21. The average Bonchev–Trinajstić information content (AvgIpc) is 3.57. The van der Waals surface area contributed by atoms with Crippen molar-refractivity contribution in [3.05, 3.63) is 56.7 Å². The molecule has 43 heavy (non-hydrogen) atoms. The molecule has 5 heterocycles. The lowest BCUT2D eigenvalue weighted by Gasteiger charge is -2.30. The van der Waals surface area contributed by atoms with E-state index in [0.29, 0.717) is 68.0 Å². The quantitative estimate of drug-likeness (QED) is 0.265. The number of nitrogens with one attached hydrogen (secondary N) is 1. The molecule has 0 bridgehead atoms. The molecule has 4 aromatic heterocycles. The molecule has 1 aliphatic carbocycles. The predicted octanol–water partition coefficient (Wildman–Crippen LogP) is 3.26. The van der Waals surface area contributed by atoms with Gasteiger partial charge in [-0.3, -0.25) is 23.6 Å². The number of carbonyl (C=O) groups is 1. The van der Waals surface area contributed by atoms with Crippen molar-refractivity contribution in [1.29, 1.82) is 0 Å². The van der Waals surface area contributed by atoms with E-state index in [4.69, 9.17) is 10.1 Å². The van der Waals surface area contributed by atoms with Crippen molar-refractivity contribution < 1.29 is 9.18 Å². The van der Waals surface area contributed by atoms with Gasteiger partial charge >= 0.3 is 5.69 Å². The first-order chi connectivity index (χ1) is 20.9. The van der Waals surface area contributed by atoms with Gasteiger partial charge in [-0.05, 0) is 70.2 Å². The fourth-order valence-corrected chi connectivity index (χ4v) is 5.81. The summed E-state index contributed by atoms with van der Waals surface area (Å²) in [4.78, 5) is 56.1. The zero-order chi connectivity index (χ0) is 30.1. The summed E-state index contributed by atoms with van der Waals surface area (Å²) in [6.07, 6.45) is 7.46. The molecule has 12 nitrogen and oxygen atoms in total. The lowest BCUT2D eigenvalue weighted by Crippen LogP contribution is -2.41. The number of hydrogen-bond donors (Lipinski definition) is 1. The summed E-state index contributed by atoms with van der Waals surface area (Å²) in [7, 11) is 0. The van der Waals surface area contributed by atoms with E-state index in [1.807, 2.05) is 13.8 Å². The zero-order valence-electron chi connectivity index (χ0n) is 24.8. The van der Waals surface area contributed by atoms with Crippen LogP contribution in [0.4, 0.5) is 10.2 Å². The molecule has 1 saturated carbocycles. The minimum absolute atomic E-state index is 0.270. The first-order valence-corrected chi connectivity index (χ1v) is 15.3. The molecule has 0 spiro atoms. The van der Waals surface area contributed by atoms with E-state index in [1.165, 1.54) is 29.3 Å². The molecule has 1 amide bonds. The van der Waals surface area contributed by atoms with E-state index in [2.05, 4.69) is 14.9 Å². The van der Waals surface area contributed by atoms with Crippen LogP contribution in [0, 0.1) is 11.9 Å². The minimum atomic E-state index is -0.653. The van der Waals surface area contributed by atoms with Crippen molar-refractivity contribution in [1.82, 2.24) is 38.8 Å². The van der Waals surface area contributed by atoms with E-state index >= 15 is 0 Å². The van der Waals surface area contributed by atoms with Crippen LogP contribution in [0.15, 0.2) is 34.0 Å². The van der Waals surface area contributed by atoms with Gasteiger partial charge in [0.25, 0.3) is 11.5 Å². The van der Waals surface area contributed by atoms with Crippen LogP contribution in [-0.4, -0.2) is 70.9 Å². The van der Waals surface area contributed by atoms with Gasteiger partial charge in [0.1, 0.15) is 17.0 Å². The van der Waals surface area contributed by atoms with Crippen LogP contribution >= 0.6 is 0 Å². The summed E-state index contributed by atoms with van der Waals surface area (Å²) >= 11 is 0. The fourth-order valence-electron chi connectivity index (χ4n) is 5.81. The molecule has 4 aromatic rings. The Kier molecular flexibility index (Phi) is 8.24. The number of imidazole rings is 1. The highest BCUT2D eigenvalue weighted by atomic mass is 19.1. The number of likely N-dealkylation sites (tertiary alicyclic amines) is 1. The number of aryl methyl sites for hydroxylation is 2. The number of fused-ring (bicyclic) bond motifs is 1. The molecule has 6 rings (SSSR count). The molecule has 13 heteroatoms. The average molecular weight is 592 g/mol. The van der Waals surface area contributed by atoms with Crippen LogP contribution < -0.4 is 16.1 Å². The number of anilines is 1. The van der Waals surface area contributed by atoms with Crippen LogP contribution in [0.5, 0.6) is 0 Å². The maximum Gasteiger partial charge on any atom is 0.332 e. The van der Waals surface area contributed by atoms with Gasteiger partial charge in [-0.2, -0.15) is 9.49 Å². The van der Waals surface area contributed by atoms with Crippen LogP contribution in [0.25, 0.3) is 22.7 Å². The van der Waals surface area contributed by atoms with Crippen LogP contribution in [-0.2, 0) is 19.6 Å². The fraction of sp³-hybridized carbons (Fsp3) is 0.533. The van der Waals surface area contributed by atoms with Gasteiger partial charge in [-0.15, -0.1) is 0 Å². The van der Waals surface area contributed by atoms with Crippen molar-refractivity contribution in [2.45, 2.75) is 72.0 Å². The number of aromatic amines is 1. The number of piperidine rings is 1. The Hall–Kier alpha value is -4.13. The molecule has 2 aliphatic rings. The van der Waals surface area contributed by atoms with Gasteiger partial charge in [0, 0.05) is 45.0 Å². The van der Waals surface area contributed by atoms with Crippen molar-refractivity contribution >= 4 is 22.9 Å². The third kappa shape index (κ3) is 5.90. The minimum Gasteiger partial charge on any atom is -0.331 e. The van der Waals surface area contributed by atoms with E-state index in [1.54, 1.807) is 20.2 Å². The molecule has 2 fully saturated rings. The summed E-state index contributed by atoms with van der Waals surface area (Å²) in [5, 5.41) is 4.75. The normalized spacial score (nSPS) is 15.8. The van der Waals surface area contributed by atoms with Crippen molar-refractivity contribution in [2.75, 3.05) is 31.1 Å². The molecular formula is C30H38FN9O3. The van der Waals surface area contributed by atoms with Crippen LogP contribution in [0.2, 0.25) is 0 Å². The Balaban J connectivity index is 1.40. The largest absolute Gasteiger partial charge is 0.332 e. The van der Waals surface area contributed by atoms with Crippen molar-refractivity contribution in [3.63, 3.8) is 0 Å². The molecule has 1 aliphatic heterocycles. The first kappa shape index (κ1) is 29.0. The second-order valence-corrected chi connectivity index (χ2v) is 11.5. The number of aromatic nitrogens is 7. The maximum atomic E-state index is 13.8. The molecule has 0 unspecified atom stereocenters. The number of pyridine rings is 1. The topological polar surface area (TPSA) is 127 Å². The number of hydrogen-bond acceptors (Lipinski definition) is 7. The van der Waals surface area contributed by atoms with E-state index in [0.717, 1.165) is 38.8 Å². The van der Waals surface area contributed by atoms with Gasteiger partial charge in [-0.1, -0.05) is 13.3 Å². The highest BCUT2D eigenvalue weighted by molar-refractivity contribution is 6.05. The van der Waals surface area contributed by atoms with Crippen LogP contribution in [0.3, 0.4) is 0 Å². The second kappa shape index (κ2) is 12.2. The number of rotatable bonds is 11. The van der Waals surface area contributed by atoms with Gasteiger partial charge in [-0.25, -0.2) is 19.4 Å². The summed E-state index contributed by atoms with van der Waals surface area (Å²) in [6.45, 7) is 8.27. The second-order valence-electron chi connectivity index (χ2n) is 11.5. The lowest BCUT2D eigenvalue weighted by atomic mass is 10.1. The van der Waals surface area contributed by atoms with E-state index in [-0.39, 0.29) is 28.2 Å². The Morgan fingerprint density at radius 3 is 2.56 bits per heavy atom. The summed E-state index contributed by atoms with van der Waals surface area (Å²) < 4.78 is 18.2. The van der Waals surface area contributed by atoms with E-state index in [9.17, 15) is 18.8 Å². The summed E-state index contributed by atoms with van der Waals surface area (Å²) in [6, 6.07) is 4.39. The van der Waals surface area contributed by atoms with Gasteiger partial charge in [0.15, 0.2) is 11.5 Å². The molecule has 0 atom stereocenters. The van der Waals surface area contributed by atoms with Crippen LogP contribution in [0.1, 0.15) is 62.7 Å². The van der Waals surface area contributed by atoms with Gasteiger partial charge < -0.3 is 9.88 Å². The highest BCUT2D eigenvalue weighted by Crippen LogP contribution is 2.30. The van der Waals surface area contributed by atoms with Crippen molar-refractivity contribution in [2.24, 2.45) is 5.92 Å². The Labute approximate surface area is 248 Å².